The van der Waals surface area contributed by atoms with Crippen LogP contribution in [0.3, 0.4) is 0 Å². The standard InChI is InChI=1S/C12H22O5/c1-7-15-11(14)17-9(3)16-10(13)8(2)12(4,5)6/h8-9H,7H2,1-6H3. The van der Waals surface area contributed by atoms with Crippen LogP contribution in [0.4, 0.5) is 4.79 Å². The maximum atomic E-state index is 11.7. The minimum absolute atomic E-state index is 0.194. The Kier molecular flexibility index (Phi) is 5.99. The van der Waals surface area contributed by atoms with Crippen molar-refractivity contribution in [2.24, 2.45) is 11.3 Å². The van der Waals surface area contributed by atoms with Crippen LogP contribution >= 0.6 is 0 Å². The molecule has 0 saturated carbocycles. The summed E-state index contributed by atoms with van der Waals surface area (Å²) in [4.78, 5) is 22.7. The second-order valence-electron chi connectivity index (χ2n) is 4.89. The zero-order valence-corrected chi connectivity index (χ0v) is 11.4. The molecule has 0 fully saturated rings. The van der Waals surface area contributed by atoms with Crippen molar-refractivity contribution in [1.29, 1.82) is 0 Å². The van der Waals surface area contributed by atoms with Crippen molar-refractivity contribution < 1.29 is 23.8 Å². The average molecular weight is 246 g/mol. The normalized spacial score (nSPS) is 14.7. The molecule has 0 amide bonds. The Bertz CT molecular complexity index is 267. The van der Waals surface area contributed by atoms with Gasteiger partial charge >= 0.3 is 12.1 Å². The molecule has 17 heavy (non-hydrogen) atoms. The maximum absolute atomic E-state index is 11.7. The van der Waals surface area contributed by atoms with E-state index in [2.05, 4.69) is 4.74 Å². The predicted molar refractivity (Wildman–Crippen MR) is 62.3 cm³/mol. The van der Waals surface area contributed by atoms with Crippen LogP contribution in [-0.4, -0.2) is 25.0 Å². The summed E-state index contributed by atoms with van der Waals surface area (Å²) in [6.45, 7) is 11.0. The molecule has 0 aliphatic carbocycles. The molecule has 0 aliphatic heterocycles. The summed E-state index contributed by atoms with van der Waals surface area (Å²) in [5, 5.41) is 0. The molecule has 0 aromatic rings. The third kappa shape index (κ3) is 6.14. The van der Waals surface area contributed by atoms with Gasteiger partial charge in [-0.3, -0.25) is 4.79 Å². The lowest BCUT2D eigenvalue weighted by Crippen LogP contribution is -2.31. The monoisotopic (exact) mass is 246 g/mol. The van der Waals surface area contributed by atoms with E-state index in [0.29, 0.717) is 0 Å². The average Bonchev–Trinajstić information content (AvgIpc) is 2.14. The summed E-state index contributed by atoms with van der Waals surface area (Å²) < 4.78 is 14.3. The SMILES string of the molecule is CCOC(=O)OC(C)OC(=O)C(C)C(C)(C)C. The minimum Gasteiger partial charge on any atom is -0.435 e. The van der Waals surface area contributed by atoms with Crippen LogP contribution < -0.4 is 0 Å². The van der Waals surface area contributed by atoms with Crippen LogP contribution in [0.2, 0.25) is 0 Å². The molecule has 0 heterocycles. The summed E-state index contributed by atoms with van der Waals surface area (Å²) >= 11 is 0. The zero-order chi connectivity index (χ0) is 13.6. The highest BCUT2D eigenvalue weighted by molar-refractivity contribution is 5.73. The van der Waals surface area contributed by atoms with Crippen molar-refractivity contribution in [3.8, 4) is 0 Å². The first-order valence-electron chi connectivity index (χ1n) is 5.72. The lowest BCUT2D eigenvalue weighted by Gasteiger charge is -2.26. The van der Waals surface area contributed by atoms with Crippen LogP contribution in [0.15, 0.2) is 0 Å². The summed E-state index contributed by atoms with van der Waals surface area (Å²) in [6, 6.07) is 0. The Balaban J connectivity index is 4.17. The van der Waals surface area contributed by atoms with Gasteiger partial charge in [0.05, 0.1) is 12.5 Å². The number of rotatable bonds is 4. The highest BCUT2D eigenvalue weighted by Gasteiger charge is 2.29. The smallest absolute Gasteiger partial charge is 0.435 e. The lowest BCUT2D eigenvalue weighted by molar-refractivity contribution is -0.175. The number of ether oxygens (including phenoxy) is 3. The van der Waals surface area contributed by atoms with E-state index < -0.39 is 18.4 Å². The first-order valence-corrected chi connectivity index (χ1v) is 5.72. The van der Waals surface area contributed by atoms with Gasteiger partial charge in [0.1, 0.15) is 0 Å². The van der Waals surface area contributed by atoms with Crippen molar-refractivity contribution in [2.75, 3.05) is 6.61 Å². The van der Waals surface area contributed by atoms with Gasteiger partial charge in [-0.05, 0) is 12.3 Å². The zero-order valence-electron chi connectivity index (χ0n) is 11.4. The molecular weight excluding hydrogens is 224 g/mol. The van der Waals surface area contributed by atoms with Crippen molar-refractivity contribution in [2.45, 2.75) is 47.8 Å². The molecule has 5 heteroatoms. The summed E-state index contributed by atoms with van der Waals surface area (Å²) in [6.07, 6.45) is -1.78. The van der Waals surface area contributed by atoms with Gasteiger partial charge in [0, 0.05) is 6.92 Å². The Morgan fingerprint density at radius 2 is 1.65 bits per heavy atom. The van der Waals surface area contributed by atoms with Crippen molar-refractivity contribution in [3.63, 3.8) is 0 Å². The molecule has 0 rings (SSSR count). The van der Waals surface area contributed by atoms with Gasteiger partial charge in [-0.15, -0.1) is 0 Å². The molecular formula is C12H22O5. The van der Waals surface area contributed by atoms with Gasteiger partial charge in [-0.2, -0.15) is 0 Å². The van der Waals surface area contributed by atoms with Crippen molar-refractivity contribution in [3.05, 3.63) is 0 Å². The topological polar surface area (TPSA) is 61.8 Å². The molecule has 2 unspecified atom stereocenters. The summed E-state index contributed by atoms with van der Waals surface area (Å²) in [5.74, 6) is -0.676. The van der Waals surface area contributed by atoms with Crippen LogP contribution in [0, 0.1) is 11.3 Å². The summed E-state index contributed by atoms with van der Waals surface area (Å²) in [5.41, 5.74) is -0.194. The van der Waals surface area contributed by atoms with E-state index in [1.54, 1.807) is 13.8 Å². The molecule has 0 radical (unpaired) electrons. The van der Waals surface area contributed by atoms with Crippen LogP contribution in [-0.2, 0) is 19.0 Å². The molecule has 0 bridgehead atoms. The fourth-order valence-electron chi connectivity index (χ4n) is 0.931. The van der Waals surface area contributed by atoms with Crippen LogP contribution in [0.25, 0.3) is 0 Å². The Morgan fingerprint density at radius 1 is 1.12 bits per heavy atom. The quantitative estimate of drug-likeness (QED) is 0.563. The van der Waals surface area contributed by atoms with Gasteiger partial charge in [0.2, 0.25) is 6.29 Å². The highest BCUT2D eigenvalue weighted by Crippen LogP contribution is 2.26. The largest absolute Gasteiger partial charge is 0.511 e. The maximum Gasteiger partial charge on any atom is 0.511 e. The van der Waals surface area contributed by atoms with E-state index in [1.165, 1.54) is 6.92 Å². The van der Waals surface area contributed by atoms with Crippen LogP contribution in [0.1, 0.15) is 41.5 Å². The summed E-state index contributed by atoms with van der Waals surface area (Å²) in [7, 11) is 0. The van der Waals surface area contributed by atoms with Gasteiger partial charge < -0.3 is 14.2 Å². The molecule has 0 aromatic heterocycles. The highest BCUT2D eigenvalue weighted by atomic mass is 16.8. The Hall–Kier alpha value is -1.26. The van der Waals surface area contributed by atoms with E-state index in [1.807, 2.05) is 20.8 Å². The van der Waals surface area contributed by atoms with E-state index in [-0.39, 0.29) is 17.9 Å². The fraction of sp³-hybridized carbons (Fsp3) is 0.833. The second kappa shape index (κ2) is 6.47. The van der Waals surface area contributed by atoms with Crippen molar-refractivity contribution >= 4 is 12.1 Å². The van der Waals surface area contributed by atoms with E-state index in [4.69, 9.17) is 9.47 Å². The fourth-order valence-corrected chi connectivity index (χ4v) is 0.931. The Labute approximate surface area is 102 Å². The van der Waals surface area contributed by atoms with Gasteiger partial charge in [0.25, 0.3) is 0 Å². The molecule has 0 aromatic carbocycles. The Morgan fingerprint density at radius 3 is 2.06 bits per heavy atom. The molecule has 0 spiro atoms. The molecule has 0 saturated heterocycles. The molecule has 2 atom stereocenters. The first-order chi connectivity index (χ1) is 7.68. The predicted octanol–water partition coefficient (Wildman–Crippen LogP) is 2.73. The number of carbonyl (C=O) groups excluding carboxylic acids is 2. The first kappa shape index (κ1) is 15.7. The van der Waals surface area contributed by atoms with Gasteiger partial charge in [-0.25, -0.2) is 4.79 Å². The molecule has 5 nitrogen and oxygen atoms in total. The third-order valence-electron chi connectivity index (χ3n) is 2.46. The molecule has 0 N–H and O–H groups in total. The number of hydrogen-bond donors (Lipinski definition) is 0. The number of carbonyl (C=O) groups is 2. The van der Waals surface area contributed by atoms with E-state index >= 15 is 0 Å². The molecule has 100 valence electrons. The second-order valence-corrected chi connectivity index (χ2v) is 4.89. The molecule has 0 aliphatic rings. The number of esters is 1. The van der Waals surface area contributed by atoms with Crippen LogP contribution in [0.5, 0.6) is 0 Å². The van der Waals surface area contributed by atoms with E-state index in [0.717, 1.165) is 0 Å². The number of hydrogen-bond acceptors (Lipinski definition) is 5. The van der Waals surface area contributed by atoms with Crippen molar-refractivity contribution in [1.82, 2.24) is 0 Å². The lowest BCUT2D eigenvalue weighted by atomic mass is 9.82. The van der Waals surface area contributed by atoms with Gasteiger partial charge in [0.15, 0.2) is 0 Å². The van der Waals surface area contributed by atoms with E-state index in [9.17, 15) is 9.59 Å². The van der Waals surface area contributed by atoms with Gasteiger partial charge in [-0.1, -0.05) is 27.7 Å². The third-order valence-corrected chi connectivity index (χ3v) is 2.46. The minimum atomic E-state index is -0.939.